The summed E-state index contributed by atoms with van der Waals surface area (Å²) in [7, 11) is -3.21. The molecule has 0 atom stereocenters. The lowest BCUT2D eigenvalue weighted by Crippen LogP contribution is -2.12. The molecule has 2 N–H and O–H groups in total. The van der Waals surface area contributed by atoms with Gasteiger partial charge in [-0.2, -0.15) is 0 Å². The lowest BCUT2D eigenvalue weighted by atomic mass is 10.1. The van der Waals surface area contributed by atoms with E-state index >= 15 is 0 Å². The van der Waals surface area contributed by atoms with Gasteiger partial charge in [0.25, 0.3) is 0 Å². The summed E-state index contributed by atoms with van der Waals surface area (Å²) in [5, 5.41) is 6.94. The van der Waals surface area contributed by atoms with Crippen molar-refractivity contribution in [1.82, 2.24) is 4.98 Å². The number of thiazole rings is 1. The first-order valence-corrected chi connectivity index (χ1v) is 17.1. The van der Waals surface area contributed by atoms with Crippen LogP contribution >= 0.6 is 30.5 Å². The van der Waals surface area contributed by atoms with Gasteiger partial charge < -0.3 is 19.7 Å². The molecule has 8 nitrogen and oxygen atoms in total. The standard InChI is InChI=1S/C32H35ClN3O5PS/c1-3-40-42(39,41-4-2)22-24-10-17-27(18-11-24)34-29(37)21-19-28-31(25-13-15-26(33)16-14-25)36-32(43-28)35-30(38)20-12-23-8-6-5-7-9-23/h5-11,13-18H,3-4,12,19-22H2,1-2H3,(H,34,37)(H,35,36,38). The number of aromatic nitrogens is 1. The SMILES string of the molecule is CCOP(=O)(Cc1ccc(NC(=O)CCc2sc(NC(=O)CCc3ccccc3)nc2-c2ccc(Cl)cc2)cc1)OCC. The molecule has 43 heavy (non-hydrogen) atoms. The lowest BCUT2D eigenvalue weighted by Gasteiger charge is -2.17. The van der Waals surface area contributed by atoms with Crippen LogP contribution in [0.4, 0.5) is 10.8 Å². The van der Waals surface area contributed by atoms with Crippen LogP contribution in [0.2, 0.25) is 5.02 Å². The van der Waals surface area contributed by atoms with E-state index in [4.69, 9.17) is 25.6 Å². The molecule has 4 rings (SSSR count). The van der Waals surface area contributed by atoms with Crippen molar-refractivity contribution in [2.75, 3.05) is 23.8 Å². The largest absolute Gasteiger partial charge is 0.335 e. The third-order valence-electron chi connectivity index (χ3n) is 6.39. The molecule has 226 valence electrons. The third-order valence-corrected chi connectivity index (χ3v) is 9.73. The molecule has 1 heterocycles. The van der Waals surface area contributed by atoms with Gasteiger partial charge in [-0.25, -0.2) is 4.98 Å². The van der Waals surface area contributed by atoms with Crippen molar-refractivity contribution in [3.63, 3.8) is 0 Å². The van der Waals surface area contributed by atoms with Crippen LogP contribution in [0.5, 0.6) is 0 Å². The monoisotopic (exact) mass is 639 g/mol. The second-order valence-corrected chi connectivity index (χ2v) is 13.3. The van der Waals surface area contributed by atoms with Gasteiger partial charge in [-0.15, -0.1) is 11.3 Å². The van der Waals surface area contributed by atoms with Crippen LogP contribution in [-0.2, 0) is 42.2 Å². The van der Waals surface area contributed by atoms with Gasteiger partial charge in [0.05, 0.1) is 25.1 Å². The summed E-state index contributed by atoms with van der Waals surface area (Å²) in [6.07, 6.45) is 1.79. The Kier molecular flexibility index (Phi) is 12.1. The van der Waals surface area contributed by atoms with Crippen molar-refractivity contribution in [1.29, 1.82) is 0 Å². The summed E-state index contributed by atoms with van der Waals surface area (Å²) >= 11 is 7.46. The minimum atomic E-state index is -3.21. The Bertz CT molecular complexity index is 1540. The van der Waals surface area contributed by atoms with Crippen molar-refractivity contribution in [2.45, 2.75) is 45.7 Å². The Morgan fingerprint density at radius 3 is 2.09 bits per heavy atom. The first kappa shape index (κ1) is 32.6. The number of aryl methyl sites for hydroxylation is 2. The van der Waals surface area contributed by atoms with Crippen LogP contribution in [0.3, 0.4) is 0 Å². The molecule has 1 aromatic heterocycles. The van der Waals surface area contributed by atoms with E-state index < -0.39 is 7.60 Å². The third kappa shape index (κ3) is 10.1. The first-order chi connectivity index (χ1) is 20.8. The quantitative estimate of drug-likeness (QED) is 0.127. The number of nitrogens with zero attached hydrogens (tertiary/aromatic N) is 1. The molecule has 3 aromatic carbocycles. The topological polar surface area (TPSA) is 107 Å². The molecule has 0 fully saturated rings. The second kappa shape index (κ2) is 15.9. The average Bonchev–Trinajstić information content (AvgIpc) is 3.39. The molecule has 0 aliphatic rings. The van der Waals surface area contributed by atoms with E-state index in [9.17, 15) is 14.2 Å². The van der Waals surface area contributed by atoms with Crippen LogP contribution in [0.15, 0.2) is 78.9 Å². The highest BCUT2D eigenvalue weighted by Crippen LogP contribution is 2.51. The summed E-state index contributed by atoms with van der Waals surface area (Å²) in [6.45, 7) is 4.15. The predicted octanol–water partition coefficient (Wildman–Crippen LogP) is 8.37. The van der Waals surface area contributed by atoms with Gasteiger partial charge in [-0.1, -0.05) is 66.2 Å². The van der Waals surface area contributed by atoms with Crippen LogP contribution < -0.4 is 10.6 Å². The minimum absolute atomic E-state index is 0.119. The Hall–Kier alpha value is -3.33. The molecule has 0 bridgehead atoms. The number of anilines is 2. The van der Waals surface area contributed by atoms with E-state index in [-0.39, 0.29) is 24.4 Å². The maximum atomic E-state index is 12.9. The molecule has 0 aliphatic carbocycles. The highest BCUT2D eigenvalue weighted by atomic mass is 35.5. The molecule has 0 saturated heterocycles. The molecule has 2 amide bonds. The van der Waals surface area contributed by atoms with Gasteiger partial charge in [0.1, 0.15) is 0 Å². The van der Waals surface area contributed by atoms with Crippen molar-refractivity contribution < 1.29 is 23.2 Å². The number of carbonyl (C=O) groups excluding carboxylic acids is 2. The molecule has 0 unspecified atom stereocenters. The summed E-state index contributed by atoms with van der Waals surface area (Å²) in [5.74, 6) is -0.280. The molecular weight excluding hydrogens is 605 g/mol. The number of halogens is 1. The van der Waals surface area contributed by atoms with Crippen molar-refractivity contribution in [3.05, 3.63) is 99.9 Å². The van der Waals surface area contributed by atoms with E-state index in [2.05, 4.69) is 10.6 Å². The van der Waals surface area contributed by atoms with Crippen LogP contribution in [0.25, 0.3) is 11.3 Å². The molecule has 0 aliphatic heterocycles. The van der Waals surface area contributed by atoms with Crippen LogP contribution in [0, 0.1) is 0 Å². The second-order valence-electron chi connectivity index (χ2n) is 9.68. The zero-order chi connectivity index (χ0) is 30.7. The Balaban J connectivity index is 1.38. The summed E-state index contributed by atoms with van der Waals surface area (Å²) in [5.41, 5.74) is 4.08. The number of hydrogen-bond donors (Lipinski definition) is 2. The van der Waals surface area contributed by atoms with Crippen LogP contribution in [-0.4, -0.2) is 30.0 Å². The number of hydrogen-bond acceptors (Lipinski definition) is 7. The van der Waals surface area contributed by atoms with E-state index in [1.807, 2.05) is 42.5 Å². The minimum Gasteiger partial charge on any atom is -0.326 e. The van der Waals surface area contributed by atoms with Gasteiger partial charge in [-0.05, 0) is 62.1 Å². The van der Waals surface area contributed by atoms with Gasteiger partial charge >= 0.3 is 7.60 Å². The summed E-state index contributed by atoms with van der Waals surface area (Å²) in [4.78, 5) is 31.1. The lowest BCUT2D eigenvalue weighted by molar-refractivity contribution is -0.117. The maximum Gasteiger partial charge on any atom is 0.335 e. The fourth-order valence-electron chi connectivity index (χ4n) is 4.38. The number of nitrogens with one attached hydrogen (secondary N) is 2. The van der Waals surface area contributed by atoms with Crippen molar-refractivity contribution in [3.8, 4) is 11.3 Å². The highest BCUT2D eigenvalue weighted by Gasteiger charge is 2.24. The molecule has 0 radical (unpaired) electrons. The van der Waals surface area contributed by atoms with Gasteiger partial charge in [0.2, 0.25) is 11.8 Å². The van der Waals surface area contributed by atoms with E-state index in [1.165, 1.54) is 11.3 Å². The molecule has 4 aromatic rings. The molecule has 11 heteroatoms. The molecule has 0 saturated carbocycles. The van der Waals surface area contributed by atoms with E-state index in [0.29, 0.717) is 54.0 Å². The molecule has 0 spiro atoms. The van der Waals surface area contributed by atoms with Crippen LogP contribution in [0.1, 0.15) is 42.7 Å². The number of rotatable bonds is 15. The zero-order valence-corrected chi connectivity index (χ0v) is 26.6. The fraction of sp³-hybridized carbons (Fsp3) is 0.281. The zero-order valence-electron chi connectivity index (χ0n) is 24.2. The average molecular weight is 640 g/mol. The Morgan fingerprint density at radius 1 is 0.814 bits per heavy atom. The fourth-order valence-corrected chi connectivity index (χ4v) is 7.21. The number of amides is 2. The highest BCUT2D eigenvalue weighted by molar-refractivity contribution is 7.53. The van der Waals surface area contributed by atoms with Gasteiger partial charge in [0.15, 0.2) is 5.13 Å². The van der Waals surface area contributed by atoms with Gasteiger partial charge in [-0.3, -0.25) is 14.2 Å². The Morgan fingerprint density at radius 2 is 1.44 bits per heavy atom. The van der Waals surface area contributed by atoms with Gasteiger partial charge in [0, 0.05) is 34.0 Å². The van der Waals surface area contributed by atoms with Crippen molar-refractivity contribution >= 4 is 53.2 Å². The number of benzene rings is 3. The summed E-state index contributed by atoms with van der Waals surface area (Å²) in [6, 6.07) is 24.3. The number of carbonyl (C=O) groups is 2. The summed E-state index contributed by atoms with van der Waals surface area (Å²) < 4.78 is 23.6. The smallest absolute Gasteiger partial charge is 0.326 e. The first-order valence-electron chi connectivity index (χ1n) is 14.1. The Labute approximate surface area is 261 Å². The van der Waals surface area contributed by atoms with E-state index in [1.54, 1.807) is 50.2 Å². The molecular formula is C32H35ClN3O5PS. The predicted molar refractivity (Wildman–Crippen MR) is 174 cm³/mol. The van der Waals surface area contributed by atoms with E-state index in [0.717, 1.165) is 21.6 Å². The van der Waals surface area contributed by atoms with Crippen molar-refractivity contribution in [2.24, 2.45) is 0 Å². The normalized spacial score (nSPS) is 11.3. The maximum absolute atomic E-state index is 12.9.